The molecule has 8 nitrogen and oxygen atoms in total. The van der Waals surface area contributed by atoms with Gasteiger partial charge >= 0.3 is 6.36 Å². The van der Waals surface area contributed by atoms with Crippen LogP contribution in [0.5, 0.6) is 5.75 Å². The minimum absolute atomic E-state index is 0.0375. The minimum Gasteiger partial charge on any atom is -0.406 e. The van der Waals surface area contributed by atoms with Gasteiger partial charge in [-0.25, -0.2) is 13.4 Å². The molecule has 32 heavy (non-hydrogen) atoms. The van der Waals surface area contributed by atoms with Crippen LogP contribution in [0.1, 0.15) is 19.3 Å². The zero-order valence-corrected chi connectivity index (χ0v) is 18.3. The highest BCUT2D eigenvalue weighted by Crippen LogP contribution is 2.34. The van der Waals surface area contributed by atoms with Crippen molar-refractivity contribution in [1.82, 2.24) is 13.9 Å². The molecule has 176 valence electrons. The predicted molar refractivity (Wildman–Crippen MR) is 110 cm³/mol. The maximum atomic E-state index is 13.1. The molecule has 0 saturated carbocycles. The molecule has 0 unspecified atom stereocenters. The topological polar surface area (TPSA) is 85.7 Å². The van der Waals surface area contributed by atoms with Gasteiger partial charge in [0.25, 0.3) is 10.0 Å². The summed E-state index contributed by atoms with van der Waals surface area (Å²) in [6.07, 6.45) is 0.673. The Labute approximate surface area is 184 Å². The number of anilines is 1. The predicted octanol–water partition coefficient (Wildman–Crippen LogP) is 2.99. The lowest BCUT2D eigenvalue weighted by Crippen LogP contribution is -2.39. The molecular weight excluding hydrogens is 449 g/mol. The Bertz CT molecular complexity index is 1040. The smallest absolute Gasteiger partial charge is 0.406 e. The average molecular weight is 475 g/mol. The Morgan fingerprint density at radius 3 is 2.72 bits per heavy atom. The number of hydrogen-bond acceptors (Lipinski definition) is 6. The first-order chi connectivity index (χ1) is 15.1. The Morgan fingerprint density at radius 1 is 1.25 bits per heavy atom. The first-order valence-electron chi connectivity index (χ1n) is 10.3. The van der Waals surface area contributed by atoms with Crippen molar-refractivity contribution in [1.29, 1.82) is 0 Å². The second-order valence-corrected chi connectivity index (χ2v) is 9.98. The van der Waals surface area contributed by atoms with E-state index in [-0.39, 0.29) is 41.9 Å². The molecule has 4 rings (SSSR count). The van der Waals surface area contributed by atoms with Crippen molar-refractivity contribution in [3.05, 3.63) is 36.8 Å². The monoisotopic (exact) mass is 474 g/mol. The lowest BCUT2D eigenvalue weighted by atomic mass is 9.91. The van der Waals surface area contributed by atoms with Crippen LogP contribution >= 0.6 is 0 Å². The zero-order chi connectivity index (χ0) is 22.9. The summed E-state index contributed by atoms with van der Waals surface area (Å²) >= 11 is 0. The SMILES string of the molecule is Cn1cnc(S(=O)(=O)N2C[C@H]([C@H]3CCCCO3)[C@@H](Nc3cccc(OC(F)(F)F)c3)C2)c1. The quantitative estimate of drug-likeness (QED) is 0.693. The van der Waals surface area contributed by atoms with Crippen molar-refractivity contribution in [2.24, 2.45) is 13.0 Å². The normalized spacial score (nSPS) is 25.1. The summed E-state index contributed by atoms with van der Waals surface area (Å²) in [5.74, 6) is -0.509. The van der Waals surface area contributed by atoms with E-state index in [1.165, 1.54) is 35.0 Å². The number of benzene rings is 1. The third kappa shape index (κ3) is 5.18. The van der Waals surface area contributed by atoms with Crippen molar-refractivity contribution < 1.29 is 31.1 Å². The Morgan fingerprint density at radius 2 is 2.06 bits per heavy atom. The molecule has 3 atom stereocenters. The van der Waals surface area contributed by atoms with Crippen molar-refractivity contribution in [3.63, 3.8) is 0 Å². The molecule has 2 saturated heterocycles. The maximum absolute atomic E-state index is 13.1. The molecule has 0 spiro atoms. The Balaban J connectivity index is 1.56. The Hall–Kier alpha value is -2.31. The van der Waals surface area contributed by atoms with Crippen molar-refractivity contribution in [2.75, 3.05) is 25.0 Å². The third-order valence-corrected chi connectivity index (χ3v) is 7.45. The van der Waals surface area contributed by atoms with Gasteiger partial charge in [0.1, 0.15) is 5.75 Å². The fourth-order valence-corrected chi connectivity index (χ4v) is 5.74. The lowest BCUT2D eigenvalue weighted by Gasteiger charge is -2.31. The molecular formula is C20H25F3N4O4S. The van der Waals surface area contributed by atoms with Gasteiger partial charge in [-0.2, -0.15) is 4.31 Å². The second kappa shape index (κ2) is 8.91. The number of aryl methyl sites for hydroxylation is 1. The van der Waals surface area contributed by atoms with E-state index in [9.17, 15) is 21.6 Å². The molecule has 1 aromatic carbocycles. The van der Waals surface area contributed by atoms with Gasteiger partial charge in [0.05, 0.1) is 12.4 Å². The second-order valence-electron chi connectivity index (χ2n) is 8.09. The summed E-state index contributed by atoms with van der Waals surface area (Å²) < 4.78 is 76.9. The number of alkyl halides is 3. The molecule has 1 N–H and O–H groups in total. The third-order valence-electron chi connectivity index (χ3n) is 5.73. The number of ether oxygens (including phenoxy) is 2. The van der Waals surface area contributed by atoms with E-state index in [1.807, 2.05) is 0 Å². The van der Waals surface area contributed by atoms with Crippen LogP contribution in [0.2, 0.25) is 0 Å². The first kappa shape index (κ1) is 22.9. The van der Waals surface area contributed by atoms with Crippen LogP contribution in [0, 0.1) is 5.92 Å². The molecule has 0 radical (unpaired) electrons. The number of imidazole rings is 1. The molecule has 0 amide bonds. The summed E-state index contributed by atoms with van der Waals surface area (Å²) in [6.45, 7) is 0.990. The van der Waals surface area contributed by atoms with Crippen molar-refractivity contribution in [3.8, 4) is 5.75 Å². The van der Waals surface area contributed by atoms with E-state index in [0.29, 0.717) is 12.3 Å². The van der Waals surface area contributed by atoms with Gasteiger partial charge in [-0.15, -0.1) is 13.2 Å². The molecule has 2 fully saturated rings. The molecule has 2 aliphatic rings. The number of rotatable bonds is 6. The van der Waals surface area contributed by atoms with E-state index >= 15 is 0 Å². The first-order valence-corrected chi connectivity index (χ1v) is 11.8. The Kier molecular flexibility index (Phi) is 6.37. The molecule has 2 aromatic rings. The van der Waals surface area contributed by atoms with Gasteiger partial charge < -0.3 is 19.4 Å². The molecule has 1 aromatic heterocycles. The van der Waals surface area contributed by atoms with E-state index in [0.717, 1.165) is 19.3 Å². The summed E-state index contributed by atoms with van der Waals surface area (Å²) in [5, 5.41) is 3.18. The van der Waals surface area contributed by atoms with E-state index in [2.05, 4.69) is 15.0 Å². The molecule has 0 aliphatic carbocycles. The fraction of sp³-hybridized carbons (Fsp3) is 0.550. The van der Waals surface area contributed by atoms with Crippen LogP contribution in [-0.4, -0.2) is 60.5 Å². The number of nitrogens with zero attached hydrogens (tertiary/aromatic N) is 3. The highest BCUT2D eigenvalue weighted by Gasteiger charge is 2.44. The minimum atomic E-state index is -4.79. The number of aromatic nitrogens is 2. The fourth-order valence-electron chi connectivity index (χ4n) is 4.27. The van der Waals surface area contributed by atoms with Crippen molar-refractivity contribution >= 4 is 15.7 Å². The van der Waals surface area contributed by atoms with Crippen LogP contribution in [0.4, 0.5) is 18.9 Å². The van der Waals surface area contributed by atoms with Crippen LogP contribution in [0.3, 0.4) is 0 Å². The molecule has 12 heteroatoms. The van der Waals surface area contributed by atoms with Gasteiger partial charge in [0.2, 0.25) is 0 Å². The van der Waals surface area contributed by atoms with E-state index < -0.39 is 16.4 Å². The van der Waals surface area contributed by atoms with Gasteiger partial charge in [-0.05, 0) is 31.4 Å². The van der Waals surface area contributed by atoms with Crippen molar-refractivity contribution in [2.45, 2.75) is 42.8 Å². The standard InChI is InChI=1S/C20H25F3N4O4S/c1-26-12-19(24-13-26)32(28,29)27-10-16(18-7-2-3-8-30-18)17(11-27)25-14-5-4-6-15(9-14)31-20(21,22)23/h4-6,9,12-13,16-18,25H,2-3,7-8,10-11H2,1H3/t16-,17-,18+/m0/s1. The average Bonchev–Trinajstić information content (AvgIpc) is 3.35. The number of nitrogens with one attached hydrogen (secondary N) is 1. The number of hydrogen-bond donors (Lipinski definition) is 1. The lowest BCUT2D eigenvalue weighted by molar-refractivity contribution is -0.274. The summed E-state index contributed by atoms with van der Waals surface area (Å²) in [4.78, 5) is 3.98. The van der Waals surface area contributed by atoms with Crippen LogP contribution < -0.4 is 10.1 Å². The van der Waals surface area contributed by atoms with Gasteiger partial charge in [0.15, 0.2) is 5.03 Å². The van der Waals surface area contributed by atoms with Gasteiger partial charge in [-0.3, -0.25) is 0 Å². The number of halogens is 3. The van der Waals surface area contributed by atoms with Crippen LogP contribution in [0.25, 0.3) is 0 Å². The number of sulfonamides is 1. The van der Waals surface area contributed by atoms with E-state index in [4.69, 9.17) is 4.74 Å². The highest BCUT2D eigenvalue weighted by molar-refractivity contribution is 7.89. The highest BCUT2D eigenvalue weighted by atomic mass is 32.2. The van der Waals surface area contributed by atoms with E-state index in [1.54, 1.807) is 17.7 Å². The summed E-state index contributed by atoms with van der Waals surface area (Å²) in [7, 11) is -2.12. The summed E-state index contributed by atoms with van der Waals surface area (Å²) in [5.41, 5.74) is 0.412. The summed E-state index contributed by atoms with van der Waals surface area (Å²) in [6, 6.07) is 5.19. The van der Waals surface area contributed by atoms with Crippen LogP contribution in [0.15, 0.2) is 41.8 Å². The van der Waals surface area contributed by atoms with Crippen LogP contribution in [-0.2, 0) is 21.8 Å². The van der Waals surface area contributed by atoms with Gasteiger partial charge in [0, 0.05) is 56.7 Å². The largest absolute Gasteiger partial charge is 0.573 e. The molecule has 2 aliphatic heterocycles. The maximum Gasteiger partial charge on any atom is 0.573 e. The van der Waals surface area contributed by atoms with Gasteiger partial charge in [-0.1, -0.05) is 6.07 Å². The molecule has 3 heterocycles. The molecule has 0 bridgehead atoms. The zero-order valence-electron chi connectivity index (χ0n) is 17.5.